The second-order valence-electron chi connectivity index (χ2n) is 5.51. The molecule has 1 heterocycles. The fourth-order valence-corrected chi connectivity index (χ4v) is 4.07. The molecular formula is C13H18O2. The Balaban J connectivity index is 1.81. The van der Waals surface area contributed by atoms with Crippen molar-refractivity contribution in [2.24, 2.45) is 29.6 Å². The summed E-state index contributed by atoms with van der Waals surface area (Å²) in [5, 5.41) is 0. The van der Waals surface area contributed by atoms with Gasteiger partial charge in [0.25, 0.3) is 0 Å². The Kier molecular flexibility index (Phi) is 2.03. The number of rotatable bonds is 2. The van der Waals surface area contributed by atoms with E-state index in [-0.39, 0.29) is 5.92 Å². The third-order valence-corrected chi connectivity index (χ3v) is 4.73. The highest BCUT2D eigenvalue weighted by molar-refractivity contribution is 5.96. The minimum atomic E-state index is 0.274. The highest BCUT2D eigenvalue weighted by atomic mass is 16.5. The maximum Gasteiger partial charge on any atom is 0.161 e. The molecule has 0 N–H and O–H groups in total. The summed E-state index contributed by atoms with van der Waals surface area (Å²) in [5.74, 6) is 3.40. The van der Waals surface area contributed by atoms with E-state index in [0.717, 1.165) is 37.0 Å². The Morgan fingerprint density at radius 3 is 2.67 bits per heavy atom. The average Bonchev–Trinajstić information content (AvgIpc) is 2.87. The molecule has 15 heavy (non-hydrogen) atoms. The quantitative estimate of drug-likeness (QED) is 0.646. The topological polar surface area (TPSA) is 26.3 Å². The van der Waals surface area contributed by atoms with E-state index in [1.54, 1.807) is 0 Å². The second-order valence-corrected chi connectivity index (χ2v) is 5.51. The molecule has 82 valence electrons. The Hall–Kier alpha value is -0.630. The van der Waals surface area contributed by atoms with Crippen molar-refractivity contribution in [3.8, 4) is 0 Å². The maximum atomic E-state index is 12.0. The molecule has 0 radical (unpaired) electrons. The van der Waals surface area contributed by atoms with Crippen LogP contribution < -0.4 is 0 Å². The van der Waals surface area contributed by atoms with Crippen LogP contribution in [-0.2, 0) is 9.53 Å². The number of allylic oxidation sites excluding steroid dienone is 1. The zero-order valence-electron chi connectivity index (χ0n) is 9.24. The molecule has 0 spiro atoms. The molecule has 2 heteroatoms. The molecule has 5 atom stereocenters. The van der Waals surface area contributed by atoms with E-state index in [1.807, 2.05) is 6.92 Å². The van der Waals surface area contributed by atoms with Crippen LogP contribution in [0.1, 0.15) is 19.8 Å². The third-order valence-electron chi connectivity index (χ3n) is 4.73. The number of hydrogen-bond donors (Lipinski definition) is 0. The SMILES string of the molecule is C=C(C)C(=O)C1CC2CC1C1COCC21. The van der Waals surface area contributed by atoms with Gasteiger partial charge in [-0.15, -0.1) is 0 Å². The molecule has 2 saturated carbocycles. The first-order chi connectivity index (χ1) is 7.18. The van der Waals surface area contributed by atoms with Gasteiger partial charge in [-0.05, 0) is 49.0 Å². The Labute approximate surface area is 90.7 Å². The van der Waals surface area contributed by atoms with Crippen molar-refractivity contribution in [2.45, 2.75) is 19.8 Å². The summed E-state index contributed by atoms with van der Waals surface area (Å²) < 4.78 is 5.55. The molecule has 2 nitrogen and oxygen atoms in total. The average molecular weight is 206 g/mol. The smallest absolute Gasteiger partial charge is 0.161 e. The van der Waals surface area contributed by atoms with Gasteiger partial charge in [0.15, 0.2) is 5.78 Å². The zero-order chi connectivity index (χ0) is 10.6. The molecule has 5 unspecified atom stereocenters. The molecule has 1 aliphatic heterocycles. The summed E-state index contributed by atoms with van der Waals surface area (Å²) in [6, 6.07) is 0. The van der Waals surface area contributed by atoms with E-state index in [4.69, 9.17) is 4.74 Å². The van der Waals surface area contributed by atoms with Crippen molar-refractivity contribution in [1.82, 2.24) is 0 Å². The summed E-state index contributed by atoms with van der Waals surface area (Å²) in [7, 11) is 0. The Bertz CT molecular complexity index is 320. The lowest BCUT2D eigenvalue weighted by atomic mass is 9.73. The van der Waals surface area contributed by atoms with Gasteiger partial charge in [0, 0.05) is 5.92 Å². The second kappa shape index (κ2) is 3.18. The Morgan fingerprint density at radius 2 is 1.93 bits per heavy atom. The van der Waals surface area contributed by atoms with Gasteiger partial charge < -0.3 is 4.74 Å². The number of Topliss-reactive ketones (excluding diaryl/α,β-unsaturated/α-hetero) is 1. The highest BCUT2D eigenvalue weighted by Crippen LogP contribution is 2.57. The van der Waals surface area contributed by atoms with Crippen LogP contribution in [0, 0.1) is 29.6 Å². The first-order valence-electron chi connectivity index (χ1n) is 5.96. The first kappa shape index (κ1) is 9.59. The summed E-state index contributed by atoms with van der Waals surface area (Å²) in [6.45, 7) is 7.47. The molecule has 0 amide bonds. The van der Waals surface area contributed by atoms with Crippen LogP contribution >= 0.6 is 0 Å². The van der Waals surface area contributed by atoms with Crippen molar-refractivity contribution in [1.29, 1.82) is 0 Å². The summed E-state index contributed by atoms with van der Waals surface area (Å²) >= 11 is 0. The van der Waals surface area contributed by atoms with Gasteiger partial charge in [-0.3, -0.25) is 4.79 Å². The summed E-state index contributed by atoms with van der Waals surface area (Å²) in [6.07, 6.45) is 2.36. The third kappa shape index (κ3) is 1.24. The van der Waals surface area contributed by atoms with Crippen molar-refractivity contribution in [3.63, 3.8) is 0 Å². The van der Waals surface area contributed by atoms with E-state index in [1.165, 1.54) is 6.42 Å². The van der Waals surface area contributed by atoms with Crippen LogP contribution in [-0.4, -0.2) is 19.0 Å². The van der Waals surface area contributed by atoms with Gasteiger partial charge in [0.2, 0.25) is 0 Å². The molecule has 2 aliphatic carbocycles. The lowest BCUT2D eigenvalue weighted by molar-refractivity contribution is -0.121. The van der Waals surface area contributed by atoms with Gasteiger partial charge in [-0.1, -0.05) is 6.58 Å². The molecule has 3 rings (SSSR count). The predicted octanol–water partition coefficient (Wildman–Crippen LogP) is 2.05. The van der Waals surface area contributed by atoms with Crippen LogP contribution in [0.25, 0.3) is 0 Å². The molecule has 3 aliphatic rings. The maximum absolute atomic E-state index is 12.0. The van der Waals surface area contributed by atoms with E-state index in [0.29, 0.717) is 17.6 Å². The minimum Gasteiger partial charge on any atom is -0.381 e. The minimum absolute atomic E-state index is 0.274. The fourth-order valence-electron chi connectivity index (χ4n) is 4.07. The summed E-state index contributed by atoms with van der Waals surface area (Å²) in [5.41, 5.74) is 0.739. The largest absolute Gasteiger partial charge is 0.381 e. The fraction of sp³-hybridized carbons (Fsp3) is 0.769. The van der Waals surface area contributed by atoms with Crippen LogP contribution in [0.5, 0.6) is 0 Å². The molecule has 3 fully saturated rings. The van der Waals surface area contributed by atoms with Crippen LogP contribution in [0.3, 0.4) is 0 Å². The Morgan fingerprint density at radius 1 is 1.20 bits per heavy atom. The molecule has 0 aromatic heterocycles. The van der Waals surface area contributed by atoms with Crippen molar-refractivity contribution < 1.29 is 9.53 Å². The first-order valence-corrected chi connectivity index (χ1v) is 5.96. The molecule has 2 bridgehead atoms. The van der Waals surface area contributed by atoms with Crippen molar-refractivity contribution in [3.05, 3.63) is 12.2 Å². The van der Waals surface area contributed by atoms with Gasteiger partial charge in [0.05, 0.1) is 13.2 Å². The molecule has 0 aromatic rings. The van der Waals surface area contributed by atoms with Crippen molar-refractivity contribution >= 4 is 5.78 Å². The number of hydrogen-bond acceptors (Lipinski definition) is 2. The molecule has 0 aromatic carbocycles. The number of fused-ring (bicyclic) bond motifs is 5. The van der Waals surface area contributed by atoms with E-state index in [2.05, 4.69) is 6.58 Å². The molecular weight excluding hydrogens is 188 g/mol. The number of carbonyl (C=O) groups excluding carboxylic acids is 1. The van der Waals surface area contributed by atoms with E-state index < -0.39 is 0 Å². The zero-order valence-corrected chi connectivity index (χ0v) is 9.24. The van der Waals surface area contributed by atoms with Gasteiger partial charge in [-0.2, -0.15) is 0 Å². The van der Waals surface area contributed by atoms with E-state index >= 15 is 0 Å². The van der Waals surface area contributed by atoms with Gasteiger partial charge >= 0.3 is 0 Å². The summed E-state index contributed by atoms with van der Waals surface area (Å²) in [4.78, 5) is 12.0. The van der Waals surface area contributed by atoms with Crippen LogP contribution in [0.15, 0.2) is 12.2 Å². The lowest BCUT2D eigenvalue weighted by Crippen LogP contribution is -2.31. The number of carbonyl (C=O) groups is 1. The van der Waals surface area contributed by atoms with Gasteiger partial charge in [0.1, 0.15) is 0 Å². The van der Waals surface area contributed by atoms with Gasteiger partial charge in [-0.25, -0.2) is 0 Å². The van der Waals surface area contributed by atoms with Crippen LogP contribution in [0.2, 0.25) is 0 Å². The van der Waals surface area contributed by atoms with Crippen molar-refractivity contribution in [2.75, 3.05) is 13.2 Å². The highest BCUT2D eigenvalue weighted by Gasteiger charge is 2.56. The monoisotopic (exact) mass is 206 g/mol. The predicted molar refractivity (Wildman–Crippen MR) is 57.3 cm³/mol. The standard InChI is InChI=1S/C13H18O2/c1-7(2)13(14)10-4-8-3-9(10)12-6-15-5-11(8)12/h8-12H,1,3-6H2,2H3. The van der Waals surface area contributed by atoms with Crippen LogP contribution in [0.4, 0.5) is 0 Å². The normalized spacial score (nSPS) is 46.9. The lowest BCUT2D eigenvalue weighted by Gasteiger charge is -2.29. The molecule has 1 saturated heterocycles. The number of ketones is 1. The number of ether oxygens (including phenoxy) is 1. The van der Waals surface area contributed by atoms with E-state index in [9.17, 15) is 4.79 Å².